The highest BCUT2D eigenvalue weighted by Crippen LogP contribution is 2.19. The molecule has 0 spiro atoms. The van der Waals surface area contributed by atoms with E-state index in [2.05, 4.69) is 12.2 Å². The van der Waals surface area contributed by atoms with Gasteiger partial charge in [0.25, 0.3) is 0 Å². The van der Waals surface area contributed by atoms with Gasteiger partial charge in [-0.05, 0) is 31.2 Å². The molecule has 0 aromatic heterocycles. The van der Waals surface area contributed by atoms with Crippen LogP contribution in [0.5, 0.6) is 5.75 Å². The van der Waals surface area contributed by atoms with Gasteiger partial charge in [0.15, 0.2) is 0 Å². The third-order valence-corrected chi connectivity index (χ3v) is 3.66. The van der Waals surface area contributed by atoms with E-state index in [1.54, 1.807) is 0 Å². The topological polar surface area (TPSA) is 41.5 Å². The molecule has 128 valence electrons. The van der Waals surface area contributed by atoms with Crippen molar-refractivity contribution < 1.29 is 9.84 Å². The third kappa shape index (κ3) is 9.29. The van der Waals surface area contributed by atoms with Gasteiger partial charge in [0.2, 0.25) is 0 Å². The number of halogens is 1. The number of hydrogen-bond donors (Lipinski definition) is 2. The number of likely N-dealkylation sites (N-methyl/N-ethyl adjacent to an activating group) is 1. The van der Waals surface area contributed by atoms with Crippen molar-refractivity contribution in [2.75, 3.05) is 20.2 Å². The summed E-state index contributed by atoms with van der Waals surface area (Å²) in [6.45, 7) is 3.57. The van der Waals surface area contributed by atoms with Crippen LogP contribution in [0.1, 0.15) is 63.5 Å². The highest BCUT2D eigenvalue weighted by atomic mass is 35.5. The van der Waals surface area contributed by atoms with Crippen LogP contribution in [0.15, 0.2) is 24.3 Å². The molecule has 2 N–H and O–H groups in total. The van der Waals surface area contributed by atoms with Gasteiger partial charge in [-0.2, -0.15) is 0 Å². The molecule has 1 aromatic carbocycles. The smallest absolute Gasteiger partial charge is 0.119 e. The van der Waals surface area contributed by atoms with Crippen molar-refractivity contribution >= 4 is 12.4 Å². The molecule has 0 bridgehead atoms. The number of nitrogens with one attached hydrogen (secondary N) is 1. The average Bonchev–Trinajstić information content (AvgIpc) is 2.50. The van der Waals surface area contributed by atoms with Crippen LogP contribution in [-0.2, 0) is 0 Å². The first kappa shape index (κ1) is 21.2. The Bertz CT molecular complexity index is 374. The van der Waals surface area contributed by atoms with E-state index >= 15 is 0 Å². The summed E-state index contributed by atoms with van der Waals surface area (Å²) in [4.78, 5) is 0. The molecule has 3 nitrogen and oxygen atoms in total. The largest absolute Gasteiger partial charge is 0.494 e. The van der Waals surface area contributed by atoms with E-state index in [1.165, 1.54) is 38.5 Å². The van der Waals surface area contributed by atoms with Gasteiger partial charge >= 0.3 is 0 Å². The number of aliphatic hydroxyl groups excluding tert-OH is 1. The molecule has 0 aliphatic carbocycles. The summed E-state index contributed by atoms with van der Waals surface area (Å²) >= 11 is 0. The lowest BCUT2D eigenvalue weighted by molar-refractivity contribution is 0.177. The molecule has 0 saturated carbocycles. The van der Waals surface area contributed by atoms with E-state index in [1.807, 2.05) is 31.3 Å². The molecular formula is C18H32ClNO2. The van der Waals surface area contributed by atoms with Crippen molar-refractivity contribution in [3.63, 3.8) is 0 Å². The second-order valence-electron chi connectivity index (χ2n) is 5.62. The zero-order valence-electron chi connectivity index (χ0n) is 14.0. The Kier molecular flexibility index (Phi) is 13.4. The first-order valence-electron chi connectivity index (χ1n) is 8.33. The summed E-state index contributed by atoms with van der Waals surface area (Å²) in [7, 11) is 1.84. The second-order valence-corrected chi connectivity index (χ2v) is 5.62. The zero-order valence-corrected chi connectivity index (χ0v) is 14.8. The fraction of sp³-hybridized carbons (Fsp3) is 0.667. The minimum atomic E-state index is -0.475. The van der Waals surface area contributed by atoms with Crippen LogP contribution in [0.3, 0.4) is 0 Å². The van der Waals surface area contributed by atoms with Crippen LogP contribution in [0.2, 0.25) is 0 Å². The van der Waals surface area contributed by atoms with Crippen molar-refractivity contribution in [3.8, 4) is 5.75 Å². The van der Waals surface area contributed by atoms with Gasteiger partial charge in [-0.25, -0.2) is 0 Å². The van der Waals surface area contributed by atoms with E-state index in [9.17, 15) is 5.11 Å². The standard InChI is InChI=1S/C18H31NO2.ClH/c1-3-4-5-6-7-8-9-13-21-17-12-10-11-16(14-17)18(20)15-19-2;/h10-12,14,18-20H,3-9,13,15H2,1-2H3;1H. The third-order valence-electron chi connectivity index (χ3n) is 3.66. The molecule has 22 heavy (non-hydrogen) atoms. The average molecular weight is 330 g/mol. The van der Waals surface area contributed by atoms with Gasteiger partial charge < -0.3 is 15.2 Å². The highest BCUT2D eigenvalue weighted by Gasteiger charge is 2.06. The summed E-state index contributed by atoms with van der Waals surface area (Å²) in [5.74, 6) is 0.855. The number of ether oxygens (including phenoxy) is 1. The maximum Gasteiger partial charge on any atom is 0.119 e. The lowest BCUT2D eigenvalue weighted by atomic mass is 10.1. The van der Waals surface area contributed by atoms with E-state index in [-0.39, 0.29) is 12.4 Å². The van der Waals surface area contributed by atoms with Crippen LogP contribution in [0.25, 0.3) is 0 Å². The number of aliphatic hydroxyl groups is 1. The van der Waals surface area contributed by atoms with Crippen LogP contribution in [-0.4, -0.2) is 25.3 Å². The molecular weight excluding hydrogens is 298 g/mol. The second kappa shape index (κ2) is 13.9. The molecule has 0 aliphatic heterocycles. The van der Waals surface area contributed by atoms with Gasteiger partial charge in [0, 0.05) is 6.54 Å². The minimum Gasteiger partial charge on any atom is -0.494 e. The van der Waals surface area contributed by atoms with Gasteiger partial charge in [0.1, 0.15) is 5.75 Å². The molecule has 0 heterocycles. The normalized spacial score (nSPS) is 11.8. The van der Waals surface area contributed by atoms with Gasteiger partial charge in [-0.1, -0.05) is 57.6 Å². The monoisotopic (exact) mass is 329 g/mol. The minimum absolute atomic E-state index is 0. The summed E-state index contributed by atoms with van der Waals surface area (Å²) in [5, 5.41) is 12.9. The van der Waals surface area contributed by atoms with Crippen molar-refractivity contribution in [1.82, 2.24) is 5.32 Å². The Labute approximate surface area is 141 Å². The van der Waals surface area contributed by atoms with Crippen LogP contribution in [0, 0.1) is 0 Å². The summed E-state index contributed by atoms with van der Waals surface area (Å²) in [6, 6.07) is 7.76. The quantitative estimate of drug-likeness (QED) is 0.555. The molecule has 4 heteroatoms. The SMILES string of the molecule is CCCCCCCCCOc1cccc(C(O)CNC)c1.Cl. The molecule has 1 rings (SSSR count). The van der Waals surface area contributed by atoms with Gasteiger partial charge in [-0.15, -0.1) is 12.4 Å². The maximum absolute atomic E-state index is 9.94. The number of hydrogen-bond acceptors (Lipinski definition) is 3. The van der Waals surface area contributed by atoms with E-state index in [0.717, 1.165) is 24.3 Å². The Morgan fingerprint density at radius 2 is 1.77 bits per heavy atom. The molecule has 1 atom stereocenters. The van der Waals surface area contributed by atoms with Crippen molar-refractivity contribution in [3.05, 3.63) is 29.8 Å². The number of unbranched alkanes of at least 4 members (excludes halogenated alkanes) is 6. The molecule has 0 fully saturated rings. The Morgan fingerprint density at radius 3 is 2.45 bits per heavy atom. The fourth-order valence-corrected chi connectivity index (χ4v) is 2.37. The predicted molar refractivity (Wildman–Crippen MR) is 96.1 cm³/mol. The van der Waals surface area contributed by atoms with Gasteiger partial charge in [-0.3, -0.25) is 0 Å². The number of rotatable bonds is 12. The predicted octanol–water partition coefficient (Wildman–Crippen LogP) is 4.49. The van der Waals surface area contributed by atoms with Crippen molar-refractivity contribution in [2.45, 2.75) is 58.0 Å². The molecule has 0 radical (unpaired) electrons. The molecule has 0 aliphatic rings. The Balaban J connectivity index is 0.00000441. The molecule has 1 unspecified atom stereocenters. The first-order valence-corrected chi connectivity index (χ1v) is 8.33. The maximum atomic E-state index is 9.94. The van der Waals surface area contributed by atoms with Crippen LogP contribution in [0.4, 0.5) is 0 Å². The first-order chi connectivity index (χ1) is 10.3. The molecule has 0 amide bonds. The Hall–Kier alpha value is -0.770. The van der Waals surface area contributed by atoms with E-state index in [0.29, 0.717) is 6.54 Å². The zero-order chi connectivity index (χ0) is 15.3. The Morgan fingerprint density at radius 1 is 1.09 bits per heavy atom. The summed E-state index contributed by atoms with van der Waals surface area (Å²) < 4.78 is 5.77. The van der Waals surface area contributed by atoms with Crippen LogP contribution < -0.4 is 10.1 Å². The summed E-state index contributed by atoms with van der Waals surface area (Å²) in [5.41, 5.74) is 0.904. The lowest BCUT2D eigenvalue weighted by Crippen LogP contribution is -2.16. The van der Waals surface area contributed by atoms with Crippen molar-refractivity contribution in [1.29, 1.82) is 0 Å². The molecule has 1 aromatic rings. The van der Waals surface area contributed by atoms with Gasteiger partial charge in [0.05, 0.1) is 12.7 Å². The summed E-state index contributed by atoms with van der Waals surface area (Å²) in [6.07, 6.45) is 8.56. The highest BCUT2D eigenvalue weighted by molar-refractivity contribution is 5.85. The van der Waals surface area contributed by atoms with E-state index < -0.39 is 6.10 Å². The van der Waals surface area contributed by atoms with Crippen LogP contribution >= 0.6 is 12.4 Å². The number of benzene rings is 1. The van der Waals surface area contributed by atoms with Crippen molar-refractivity contribution in [2.24, 2.45) is 0 Å². The lowest BCUT2D eigenvalue weighted by Gasteiger charge is -2.12. The fourth-order valence-electron chi connectivity index (χ4n) is 2.37. The van der Waals surface area contributed by atoms with E-state index in [4.69, 9.17) is 4.74 Å². The molecule has 0 saturated heterocycles.